The molecule has 10 nitrogen and oxygen atoms in total. The van der Waals surface area contributed by atoms with Gasteiger partial charge in [-0.1, -0.05) is 13.8 Å². The van der Waals surface area contributed by atoms with Crippen LogP contribution >= 0.6 is 11.6 Å². The van der Waals surface area contributed by atoms with E-state index in [1.54, 1.807) is 13.0 Å². The summed E-state index contributed by atoms with van der Waals surface area (Å²) >= 11 is 5.90. The van der Waals surface area contributed by atoms with Gasteiger partial charge < -0.3 is 39.4 Å². The van der Waals surface area contributed by atoms with Gasteiger partial charge in [-0.3, -0.25) is 4.79 Å². The largest absolute Gasteiger partial charge is 0.461 e. The lowest BCUT2D eigenvalue weighted by molar-refractivity contribution is -0.311. The highest BCUT2D eigenvalue weighted by atomic mass is 35.5. The van der Waals surface area contributed by atoms with E-state index >= 15 is 0 Å². The second-order valence-corrected chi connectivity index (χ2v) is 14.4. The number of ether oxygens (including phenoxy) is 4. The molecule has 4 N–H and O–H groups in total. The minimum atomic E-state index is -1.34. The maximum absolute atomic E-state index is 12.7. The Morgan fingerprint density at radius 3 is 2.50 bits per heavy atom. The van der Waals surface area contributed by atoms with Gasteiger partial charge in [0.25, 0.3) is 0 Å². The van der Waals surface area contributed by atoms with Crippen molar-refractivity contribution in [1.82, 2.24) is 0 Å². The number of aliphatic hydroxyl groups is 4. The Kier molecular flexibility index (Phi) is 8.02. The molecular formula is C31H45ClO10. The molecule has 0 amide bonds. The van der Waals surface area contributed by atoms with Crippen molar-refractivity contribution in [2.45, 2.75) is 121 Å². The molecule has 1 saturated heterocycles. The third-order valence-electron chi connectivity index (χ3n) is 12.5. The lowest BCUT2D eigenvalue weighted by Crippen LogP contribution is -2.67. The number of hydrogen-bond donors (Lipinski definition) is 4. The Bertz CT molecular complexity index is 1120. The monoisotopic (exact) mass is 612 g/mol. The fraction of sp³-hybridized carbons (Fsp3) is 0.871. The van der Waals surface area contributed by atoms with E-state index in [1.807, 2.05) is 6.92 Å². The molecule has 2 heterocycles. The van der Waals surface area contributed by atoms with Crippen LogP contribution < -0.4 is 0 Å². The van der Waals surface area contributed by atoms with Crippen LogP contribution in [0.2, 0.25) is 0 Å². The molecule has 0 aromatic carbocycles. The molecule has 42 heavy (non-hydrogen) atoms. The van der Waals surface area contributed by atoms with Crippen molar-refractivity contribution in [2.75, 3.05) is 12.5 Å². The molecule has 6 rings (SSSR count). The van der Waals surface area contributed by atoms with Crippen LogP contribution in [0.3, 0.4) is 0 Å². The van der Waals surface area contributed by atoms with E-state index in [-0.39, 0.29) is 53.6 Å². The minimum absolute atomic E-state index is 0.0109. The van der Waals surface area contributed by atoms with Crippen molar-refractivity contribution in [3.63, 3.8) is 0 Å². The minimum Gasteiger partial charge on any atom is -0.461 e. The molecule has 4 saturated carbocycles. The maximum atomic E-state index is 12.7. The first kappa shape index (κ1) is 30.7. The second kappa shape index (κ2) is 11.0. The summed E-state index contributed by atoms with van der Waals surface area (Å²) in [5, 5.41) is 43.5. The molecule has 0 aromatic heterocycles. The van der Waals surface area contributed by atoms with Gasteiger partial charge in [0.15, 0.2) is 6.29 Å². The summed E-state index contributed by atoms with van der Waals surface area (Å²) in [6.45, 7) is 6.17. The molecular weight excluding hydrogens is 568 g/mol. The predicted octanol–water partition coefficient (Wildman–Crippen LogP) is 2.22. The quantitative estimate of drug-likeness (QED) is 0.207. The van der Waals surface area contributed by atoms with E-state index in [0.717, 1.165) is 31.3 Å². The van der Waals surface area contributed by atoms with Gasteiger partial charge in [0, 0.05) is 11.5 Å². The number of rotatable bonds is 5. The number of hydrogen-bond acceptors (Lipinski definition) is 10. The fourth-order valence-electron chi connectivity index (χ4n) is 10.1. The van der Waals surface area contributed by atoms with Crippen LogP contribution in [0.25, 0.3) is 0 Å². The number of carbonyl (C=O) groups is 2. The smallest absolute Gasteiger partial charge is 0.331 e. The van der Waals surface area contributed by atoms with E-state index in [0.29, 0.717) is 25.7 Å². The molecule has 0 radical (unpaired) electrons. The first-order valence-corrected chi connectivity index (χ1v) is 16.1. The molecule has 0 aromatic rings. The Balaban J connectivity index is 1.24. The third kappa shape index (κ3) is 4.58. The van der Waals surface area contributed by atoms with E-state index < -0.39 is 53.8 Å². The van der Waals surface area contributed by atoms with Crippen LogP contribution in [0.4, 0.5) is 0 Å². The van der Waals surface area contributed by atoms with Crippen LogP contribution in [-0.4, -0.2) is 93.4 Å². The normalized spacial score (nSPS) is 52.0. The van der Waals surface area contributed by atoms with Crippen molar-refractivity contribution in [3.05, 3.63) is 11.6 Å². The molecule has 236 valence electrons. The Morgan fingerprint density at radius 1 is 1.05 bits per heavy atom. The molecule has 0 bridgehead atoms. The second-order valence-electron chi connectivity index (χ2n) is 14.2. The van der Waals surface area contributed by atoms with Crippen LogP contribution in [-0.2, 0) is 28.5 Å². The van der Waals surface area contributed by atoms with Crippen LogP contribution in [0.1, 0.15) is 72.1 Å². The summed E-state index contributed by atoms with van der Waals surface area (Å²) in [5.41, 5.74) is -1.14. The van der Waals surface area contributed by atoms with E-state index in [1.165, 1.54) is 0 Å². The summed E-state index contributed by atoms with van der Waals surface area (Å²) in [7, 11) is 0. The maximum Gasteiger partial charge on any atom is 0.331 e. The number of esters is 2. The number of aliphatic hydroxyl groups excluding tert-OH is 3. The fourth-order valence-corrected chi connectivity index (χ4v) is 10.2. The van der Waals surface area contributed by atoms with Gasteiger partial charge in [-0.15, -0.1) is 11.6 Å². The Morgan fingerprint density at radius 2 is 1.81 bits per heavy atom. The van der Waals surface area contributed by atoms with Crippen molar-refractivity contribution >= 4 is 23.5 Å². The first-order chi connectivity index (χ1) is 19.8. The lowest BCUT2D eigenvalue weighted by Gasteiger charge is -2.65. The first-order valence-electron chi connectivity index (χ1n) is 15.5. The highest BCUT2D eigenvalue weighted by Gasteiger charge is 2.72. The number of cyclic esters (lactones) is 1. The average molecular weight is 613 g/mol. The van der Waals surface area contributed by atoms with Gasteiger partial charge in [-0.25, -0.2) is 4.79 Å². The lowest BCUT2D eigenvalue weighted by atomic mass is 9.42. The van der Waals surface area contributed by atoms with E-state index in [2.05, 4.69) is 6.92 Å². The summed E-state index contributed by atoms with van der Waals surface area (Å²) in [6.07, 6.45) is 1.13. The highest BCUT2D eigenvalue weighted by molar-refractivity contribution is 6.26. The zero-order valence-corrected chi connectivity index (χ0v) is 25.4. The number of alkyl halides is 1. The van der Waals surface area contributed by atoms with Gasteiger partial charge in [0.05, 0.1) is 17.8 Å². The molecule has 14 atom stereocenters. The number of halogens is 1. The Labute approximate surface area is 251 Å². The summed E-state index contributed by atoms with van der Waals surface area (Å²) in [4.78, 5) is 24.6. The number of fused-ring (bicyclic) bond motifs is 5. The van der Waals surface area contributed by atoms with Gasteiger partial charge in [-0.2, -0.15) is 0 Å². The third-order valence-corrected chi connectivity index (χ3v) is 12.7. The van der Waals surface area contributed by atoms with Crippen molar-refractivity contribution in [1.29, 1.82) is 0 Å². The summed E-state index contributed by atoms with van der Waals surface area (Å²) in [6, 6.07) is 0. The molecule has 0 unspecified atom stereocenters. The van der Waals surface area contributed by atoms with Crippen molar-refractivity contribution < 1.29 is 49.0 Å². The van der Waals surface area contributed by atoms with Gasteiger partial charge >= 0.3 is 11.9 Å². The van der Waals surface area contributed by atoms with Gasteiger partial charge in [-0.05, 0) is 93.0 Å². The van der Waals surface area contributed by atoms with Gasteiger partial charge in [0.2, 0.25) is 0 Å². The molecule has 5 fully saturated rings. The van der Waals surface area contributed by atoms with E-state index in [9.17, 15) is 30.0 Å². The zero-order chi connectivity index (χ0) is 30.2. The summed E-state index contributed by atoms with van der Waals surface area (Å²) in [5.74, 6) is -0.899. The molecule has 0 spiro atoms. The highest BCUT2D eigenvalue weighted by Crippen LogP contribution is 2.70. The predicted molar refractivity (Wildman–Crippen MR) is 149 cm³/mol. The van der Waals surface area contributed by atoms with Crippen LogP contribution in [0, 0.1) is 34.5 Å². The Hall–Kier alpha value is -1.27. The van der Waals surface area contributed by atoms with E-state index in [4.69, 9.17) is 30.5 Å². The molecule has 2 aliphatic heterocycles. The van der Waals surface area contributed by atoms with Crippen LogP contribution in [0.5, 0.6) is 0 Å². The van der Waals surface area contributed by atoms with Gasteiger partial charge in [0.1, 0.15) is 36.9 Å². The zero-order valence-electron chi connectivity index (χ0n) is 24.6. The SMILES string of the molecule is C[C@@H]1O[C@@H](O[C@H]2CC[C@@]3(C)[C@H](CC[C@@H]4[C@@H]3C[C@@H](OC(=O)CCl)[C@]3(C)[C@@H](C5=CC(=O)OC5)CC[C@]43O)C2)[C@H](O)[C@H](O)[C@H]1O. The molecule has 11 heteroatoms. The average Bonchev–Trinajstić information content (AvgIpc) is 3.51. The summed E-state index contributed by atoms with van der Waals surface area (Å²) < 4.78 is 23.3. The van der Waals surface area contributed by atoms with Crippen molar-refractivity contribution in [2.24, 2.45) is 34.5 Å². The standard InChI is InChI=1S/C31H45ClO10/c1-15-25(35)26(36)27(37)28(40-15)41-18-6-8-29(2)17(11-18)4-5-20-21(29)12-22(42-24(34)13-32)30(3)19(7-9-31(20,30)38)16-10-23(33)39-14-16/h10,15,17-22,25-28,35-38H,4-9,11-14H2,1-3H3/t15-,17+,18-,19+,20+,21-,22+,25-,26+,27+,28-,29-,30-,31-/m0/s1. The molecule has 6 aliphatic rings. The topological polar surface area (TPSA) is 152 Å². The van der Waals surface area contributed by atoms with Crippen molar-refractivity contribution in [3.8, 4) is 0 Å². The number of carbonyl (C=O) groups excluding carboxylic acids is 2. The van der Waals surface area contributed by atoms with Crippen LogP contribution in [0.15, 0.2) is 11.6 Å². The molecule has 4 aliphatic carbocycles.